The molecule has 1 radical (unpaired) electrons. The quantitative estimate of drug-likeness (QED) is 0.441. The van der Waals surface area contributed by atoms with Gasteiger partial charge in [-0.1, -0.05) is 51.0 Å². The van der Waals surface area contributed by atoms with Crippen molar-refractivity contribution in [3.05, 3.63) is 79.6 Å². The van der Waals surface area contributed by atoms with Crippen molar-refractivity contribution in [1.82, 2.24) is 0 Å². The Kier molecular flexibility index (Phi) is 21.6. The first-order valence-electron chi connectivity index (χ1n) is 9.02. The van der Waals surface area contributed by atoms with Gasteiger partial charge in [0.25, 0.3) is 0 Å². The average molecular weight is 423 g/mol. The van der Waals surface area contributed by atoms with Crippen LogP contribution in [0.4, 0.5) is 0 Å². The molecule has 0 aliphatic rings. The molecule has 4 nitrogen and oxygen atoms in total. The molecular weight excluding hydrogens is 389 g/mol. The topological polar surface area (TPSA) is 80.9 Å². The summed E-state index contributed by atoms with van der Waals surface area (Å²) in [6, 6.07) is 15.8. The summed E-state index contributed by atoms with van der Waals surface area (Å²) in [4.78, 5) is 0. The monoisotopic (exact) mass is 423 g/mol. The van der Waals surface area contributed by atoms with Crippen LogP contribution in [-0.2, 0) is 31.4 Å². The van der Waals surface area contributed by atoms with E-state index in [4.69, 9.17) is 20.1 Å². The normalized spacial score (nSPS) is 8.68. The Morgan fingerprint density at radius 3 is 1.46 bits per heavy atom. The largest absolute Gasteiger partial charge is 2.00 e. The Balaban J connectivity index is -0.000000403. The van der Waals surface area contributed by atoms with E-state index in [1.165, 1.54) is 17.9 Å². The van der Waals surface area contributed by atoms with E-state index in [0.29, 0.717) is 5.46 Å². The average Bonchev–Trinajstić information content (AvgIpc) is 2.56. The molecule has 2 aromatic carbocycles. The predicted octanol–water partition coefficient (Wildman–Crippen LogP) is 2.68. The molecule has 0 atom stereocenters. The van der Waals surface area contributed by atoms with Gasteiger partial charge < -0.3 is 27.5 Å². The Morgan fingerprint density at radius 2 is 1.21 bits per heavy atom. The molecule has 7 heteroatoms. The Morgan fingerprint density at radius 1 is 0.821 bits per heavy atom. The van der Waals surface area contributed by atoms with Crippen LogP contribution in [0.1, 0.15) is 43.4 Å². The molecule has 153 valence electrons. The summed E-state index contributed by atoms with van der Waals surface area (Å²) >= 11 is 0. The Labute approximate surface area is 184 Å². The van der Waals surface area contributed by atoms with E-state index in [9.17, 15) is 0 Å². The molecule has 28 heavy (non-hydrogen) atoms. The zero-order chi connectivity index (χ0) is 19.9. The van der Waals surface area contributed by atoms with Gasteiger partial charge in [-0.05, 0) is 36.3 Å². The van der Waals surface area contributed by atoms with E-state index >= 15 is 0 Å². The predicted molar refractivity (Wildman–Crippen MR) is 118 cm³/mol. The van der Waals surface area contributed by atoms with E-state index in [0.717, 1.165) is 31.2 Å². The first kappa shape index (κ1) is 31.6. The van der Waals surface area contributed by atoms with Crippen molar-refractivity contribution >= 4 is 19.7 Å². The first-order valence-corrected chi connectivity index (χ1v) is 9.02. The van der Waals surface area contributed by atoms with Crippen LogP contribution in [0.5, 0.6) is 0 Å². The molecule has 0 fully saturated rings. The van der Waals surface area contributed by atoms with Crippen LogP contribution in [0, 0.1) is 14.4 Å². The number of hydrogen-bond acceptors (Lipinski definition) is 4. The van der Waals surface area contributed by atoms with Gasteiger partial charge in [-0.2, -0.15) is 24.6 Å². The summed E-state index contributed by atoms with van der Waals surface area (Å²) in [5.74, 6) is 0. The number of rotatable bonds is 5. The Hall–Kier alpha value is -1.14. The van der Waals surface area contributed by atoms with E-state index < -0.39 is 14.2 Å². The molecular formula is C21H34B2O4V. The molecule has 0 spiro atoms. The maximum absolute atomic E-state index is 9.16. The standard InChI is InChI=1S/C12H19BO2.C7H7.CH5BO2.CH3.V/c1-3-5-10-7-11(6-4-2)9-12(8-10)13(14)15;1-7-5-3-2-4-6-7;1-2(3)4;;/h7-9,14-15H,3-6H2,1-2H3;2-6H,1H2;3-4H,1H3;1H3;/q;-1;;-1;+2. The summed E-state index contributed by atoms with van der Waals surface area (Å²) in [5.41, 5.74) is 4.09. The second-order valence-corrected chi connectivity index (χ2v) is 6.07. The third-order valence-electron chi connectivity index (χ3n) is 3.29. The van der Waals surface area contributed by atoms with Crippen LogP contribution in [-0.4, -0.2) is 34.3 Å². The van der Waals surface area contributed by atoms with Gasteiger partial charge in [0, 0.05) is 0 Å². The van der Waals surface area contributed by atoms with Gasteiger partial charge in [-0.25, -0.2) is 0 Å². The third-order valence-corrected chi connectivity index (χ3v) is 3.29. The van der Waals surface area contributed by atoms with Gasteiger partial charge in [0.05, 0.1) is 0 Å². The van der Waals surface area contributed by atoms with Gasteiger partial charge in [0.2, 0.25) is 0 Å². The van der Waals surface area contributed by atoms with Gasteiger partial charge in [-0.3, -0.25) is 0 Å². The number of benzene rings is 2. The van der Waals surface area contributed by atoms with Gasteiger partial charge in [0.15, 0.2) is 0 Å². The molecule has 0 amide bonds. The molecule has 0 aliphatic carbocycles. The van der Waals surface area contributed by atoms with Crippen molar-refractivity contribution in [2.24, 2.45) is 0 Å². The molecule has 0 heterocycles. The summed E-state index contributed by atoms with van der Waals surface area (Å²) in [7, 11) is -2.52. The van der Waals surface area contributed by atoms with Crippen molar-refractivity contribution < 1.29 is 38.7 Å². The van der Waals surface area contributed by atoms with Crippen molar-refractivity contribution in [2.45, 2.75) is 46.4 Å². The van der Waals surface area contributed by atoms with Crippen LogP contribution >= 0.6 is 0 Å². The van der Waals surface area contributed by atoms with E-state index in [1.807, 2.05) is 42.5 Å². The van der Waals surface area contributed by atoms with Gasteiger partial charge in [0.1, 0.15) is 0 Å². The van der Waals surface area contributed by atoms with Crippen molar-refractivity contribution in [3.8, 4) is 0 Å². The fourth-order valence-electron chi connectivity index (χ4n) is 2.28. The maximum Gasteiger partial charge on any atom is 2.00 e. The van der Waals surface area contributed by atoms with Crippen molar-refractivity contribution in [3.63, 3.8) is 0 Å². The van der Waals surface area contributed by atoms with Crippen molar-refractivity contribution in [2.75, 3.05) is 0 Å². The van der Waals surface area contributed by atoms with E-state index in [2.05, 4.69) is 26.8 Å². The van der Waals surface area contributed by atoms with Crippen molar-refractivity contribution in [1.29, 1.82) is 0 Å². The molecule has 0 aromatic heterocycles. The maximum atomic E-state index is 9.16. The van der Waals surface area contributed by atoms with Crippen LogP contribution in [0.15, 0.2) is 48.5 Å². The third kappa shape index (κ3) is 17.0. The van der Waals surface area contributed by atoms with Gasteiger partial charge >= 0.3 is 32.8 Å². The number of aryl methyl sites for hydroxylation is 2. The number of hydrogen-bond donors (Lipinski definition) is 4. The minimum absolute atomic E-state index is 0. The van der Waals surface area contributed by atoms with Gasteiger partial charge in [-0.15, -0.1) is 12.1 Å². The van der Waals surface area contributed by atoms with E-state index in [1.54, 1.807) is 0 Å². The SMILES string of the molecule is CB(O)O.CCCc1cc(CCC)cc(B(O)O)c1.[CH2-]c1ccccc1.[CH3-].[V+2]. The molecule has 2 aromatic rings. The molecule has 0 bridgehead atoms. The summed E-state index contributed by atoms with van der Waals surface area (Å²) in [6.45, 7) is 9.25. The second-order valence-electron chi connectivity index (χ2n) is 6.07. The second kappa shape index (κ2) is 19.2. The van der Waals surface area contributed by atoms with E-state index in [-0.39, 0.29) is 26.0 Å². The summed E-state index contributed by atoms with van der Waals surface area (Å²) in [6.07, 6.45) is 4.15. The molecule has 2 rings (SSSR count). The van der Waals surface area contributed by atoms with Crippen LogP contribution < -0.4 is 5.46 Å². The fourth-order valence-corrected chi connectivity index (χ4v) is 2.28. The van der Waals surface area contributed by atoms with Crippen LogP contribution in [0.25, 0.3) is 0 Å². The summed E-state index contributed by atoms with van der Waals surface area (Å²) < 4.78 is 0. The molecule has 0 aliphatic heterocycles. The summed E-state index contributed by atoms with van der Waals surface area (Å²) in [5, 5.41) is 33.6. The van der Waals surface area contributed by atoms with Crippen LogP contribution in [0.3, 0.4) is 0 Å². The zero-order valence-electron chi connectivity index (χ0n) is 17.5. The minimum atomic E-state index is -1.35. The first-order chi connectivity index (χ1) is 12.3. The van der Waals surface area contributed by atoms with Crippen LogP contribution in [0.2, 0.25) is 6.82 Å². The molecule has 4 N–H and O–H groups in total. The molecule has 0 saturated heterocycles. The minimum Gasteiger partial charge on any atom is -0.427 e. The molecule has 0 saturated carbocycles. The Bertz CT molecular complexity index is 569. The smallest absolute Gasteiger partial charge is 0.427 e. The fraction of sp³-hybridized carbons (Fsp3) is 0.333. The zero-order valence-corrected chi connectivity index (χ0v) is 18.9. The molecule has 0 unspecified atom stereocenters.